The SMILES string of the molecule is Cc1nc(NC2CCC(NC(=O)CC3Cc4ccccc4C3)CC2)cc(N(C)C)n1. The maximum atomic E-state index is 12.6. The van der Waals surface area contributed by atoms with E-state index in [-0.39, 0.29) is 5.91 Å². The van der Waals surface area contributed by atoms with Gasteiger partial charge in [-0.1, -0.05) is 24.3 Å². The monoisotopic (exact) mass is 407 g/mol. The second kappa shape index (κ2) is 9.02. The van der Waals surface area contributed by atoms with Crippen LogP contribution in [0.3, 0.4) is 0 Å². The zero-order valence-electron chi connectivity index (χ0n) is 18.3. The Morgan fingerprint density at radius 1 is 1.03 bits per heavy atom. The molecule has 1 saturated carbocycles. The number of aryl methyl sites for hydroxylation is 1. The second-order valence-electron chi connectivity index (χ2n) is 9.06. The molecule has 0 atom stereocenters. The molecule has 2 aliphatic carbocycles. The van der Waals surface area contributed by atoms with Crippen LogP contribution in [0.25, 0.3) is 0 Å². The van der Waals surface area contributed by atoms with Gasteiger partial charge in [0.15, 0.2) is 0 Å². The topological polar surface area (TPSA) is 70.2 Å². The van der Waals surface area contributed by atoms with Crippen molar-refractivity contribution in [1.82, 2.24) is 15.3 Å². The van der Waals surface area contributed by atoms with Gasteiger partial charge in [0.1, 0.15) is 17.5 Å². The van der Waals surface area contributed by atoms with Crippen molar-refractivity contribution < 1.29 is 4.79 Å². The molecule has 0 unspecified atom stereocenters. The van der Waals surface area contributed by atoms with Gasteiger partial charge in [-0.2, -0.15) is 0 Å². The molecule has 1 heterocycles. The molecule has 0 saturated heterocycles. The van der Waals surface area contributed by atoms with Crippen molar-refractivity contribution in [2.45, 2.75) is 64.0 Å². The predicted molar refractivity (Wildman–Crippen MR) is 121 cm³/mol. The Morgan fingerprint density at radius 3 is 2.30 bits per heavy atom. The highest BCUT2D eigenvalue weighted by Crippen LogP contribution is 2.29. The summed E-state index contributed by atoms with van der Waals surface area (Å²) in [5.74, 6) is 3.25. The third-order valence-corrected chi connectivity index (χ3v) is 6.34. The largest absolute Gasteiger partial charge is 0.367 e. The minimum atomic E-state index is 0.214. The first-order valence-electron chi connectivity index (χ1n) is 11.1. The van der Waals surface area contributed by atoms with E-state index in [1.54, 1.807) is 0 Å². The van der Waals surface area contributed by atoms with Crippen molar-refractivity contribution in [2.75, 3.05) is 24.3 Å². The van der Waals surface area contributed by atoms with Crippen LogP contribution in [0.1, 0.15) is 49.1 Å². The van der Waals surface area contributed by atoms with E-state index in [1.165, 1.54) is 11.1 Å². The van der Waals surface area contributed by atoms with Crippen LogP contribution in [0.2, 0.25) is 0 Å². The summed E-state index contributed by atoms with van der Waals surface area (Å²) < 4.78 is 0. The first-order valence-corrected chi connectivity index (χ1v) is 11.1. The first-order chi connectivity index (χ1) is 14.5. The average molecular weight is 408 g/mol. The summed E-state index contributed by atoms with van der Waals surface area (Å²) in [7, 11) is 3.98. The van der Waals surface area contributed by atoms with Gasteiger partial charge >= 0.3 is 0 Å². The Balaban J connectivity index is 1.22. The Morgan fingerprint density at radius 2 is 1.67 bits per heavy atom. The Hall–Kier alpha value is -2.63. The number of fused-ring (bicyclic) bond motifs is 1. The summed E-state index contributed by atoms with van der Waals surface area (Å²) in [4.78, 5) is 23.6. The summed E-state index contributed by atoms with van der Waals surface area (Å²) in [6.07, 6.45) is 6.82. The van der Waals surface area contributed by atoms with Crippen LogP contribution in [0.5, 0.6) is 0 Å². The summed E-state index contributed by atoms with van der Waals surface area (Å²) >= 11 is 0. The lowest BCUT2D eigenvalue weighted by Crippen LogP contribution is -2.40. The third kappa shape index (κ3) is 5.10. The number of carbonyl (C=O) groups is 1. The van der Waals surface area contributed by atoms with Gasteiger partial charge in [-0.05, 0) is 62.5 Å². The highest BCUT2D eigenvalue weighted by Gasteiger charge is 2.26. The van der Waals surface area contributed by atoms with E-state index in [1.807, 2.05) is 32.0 Å². The third-order valence-electron chi connectivity index (χ3n) is 6.34. The van der Waals surface area contributed by atoms with Crippen molar-refractivity contribution in [3.05, 3.63) is 47.3 Å². The van der Waals surface area contributed by atoms with E-state index < -0.39 is 0 Å². The average Bonchev–Trinajstić information content (AvgIpc) is 3.11. The molecule has 30 heavy (non-hydrogen) atoms. The molecule has 160 valence electrons. The van der Waals surface area contributed by atoms with Crippen molar-refractivity contribution in [2.24, 2.45) is 5.92 Å². The summed E-state index contributed by atoms with van der Waals surface area (Å²) in [6.45, 7) is 1.92. The van der Waals surface area contributed by atoms with Crippen LogP contribution in [0.4, 0.5) is 11.6 Å². The molecule has 1 amide bonds. The Kier molecular flexibility index (Phi) is 6.21. The van der Waals surface area contributed by atoms with Crippen molar-refractivity contribution >= 4 is 17.5 Å². The van der Waals surface area contributed by atoms with Gasteiger partial charge in [-0.3, -0.25) is 4.79 Å². The lowest BCUT2D eigenvalue weighted by molar-refractivity contribution is -0.122. The number of nitrogens with one attached hydrogen (secondary N) is 2. The number of nitrogens with zero attached hydrogens (tertiary/aromatic N) is 3. The van der Waals surface area contributed by atoms with Gasteiger partial charge in [0.05, 0.1) is 0 Å². The number of rotatable bonds is 6. The molecule has 1 aromatic heterocycles. The Labute approximate surface area is 179 Å². The van der Waals surface area contributed by atoms with E-state index in [9.17, 15) is 4.79 Å². The van der Waals surface area contributed by atoms with Gasteiger partial charge in [0.2, 0.25) is 5.91 Å². The predicted octanol–water partition coefficient (Wildman–Crippen LogP) is 3.50. The molecule has 4 rings (SSSR count). The van der Waals surface area contributed by atoms with E-state index >= 15 is 0 Å². The molecular weight excluding hydrogens is 374 g/mol. The summed E-state index contributed by atoms with van der Waals surface area (Å²) in [5, 5.41) is 6.86. The molecule has 0 aliphatic heterocycles. The van der Waals surface area contributed by atoms with Gasteiger partial charge in [0, 0.05) is 38.7 Å². The molecule has 6 nitrogen and oxygen atoms in total. The highest BCUT2D eigenvalue weighted by molar-refractivity contribution is 5.76. The molecule has 0 radical (unpaired) electrons. The molecule has 1 fully saturated rings. The van der Waals surface area contributed by atoms with Crippen LogP contribution in [-0.4, -0.2) is 42.1 Å². The number of hydrogen-bond donors (Lipinski definition) is 2. The number of amides is 1. The first kappa shape index (κ1) is 20.6. The lowest BCUT2D eigenvalue weighted by atomic mass is 9.90. The smallest absolute Gasteiger partial charge is 0.220 e. The van der Waals surface area contributed by atoms with Crippen LogP contribution in [-0.2, 0) is 17.6 Å². The zero-order valence-corrected chi connectivity index (χ0v) is 18.3. The van der Waals surface area contributed by atoms with Crippen LogP contribution in [0.15, 0.2) is 30.3 Å². The van der Waals surface area contributed by atoms with Crippen molar-refractivity contribution in [3.8, 4) is 0 Å². The highest BCUT2D eigenvalue weighted by atomic mass is 16.1. The fourth-order valence-corrected chi connectivity index (χ4v) is 4.79. The molecule has 2 aliphatic rings. The van der Waals surface area contributed by atoms with Gasteiger partial charge in [-0.15, -0.1) is 0 Å². The second-order valence-corrected chi connectivity index (χ2v) is 9.06. The number of benzene rings is 1. The van der Waals surface area contributed by atoms with Crippen molar-refractivity contribution in [1.29, 1.82) is 0 Å². The van der Waals surface area contributed by atoms with Gasteiger partial charge in [-0.25, -0.2) is 9.97 Å². The minimum Gasteiger partial charge on any atom is -0.367 e. The standard InChI is InChI=1S/C24H33N5O/c1-16-25-22(15-23(26-16)29(2)3)27-20-8-10-21(11-9-20)28-24(30)14-17-12-18-6-4-5-7-19(18)13-17/h4-7,15,17,20-21H,8-14H2,1-3H3,(H,28,30)(H,25,26,27). The van der Waals surface area contributed by atoms with E-state index in [2.05, 4.69) is 44.9 Å². The van der Waals surface area contributed by atoms with E-state index in [4.69, 9.17) is 0 Å². The van der Waals surface area contributed by atoms with Crippen molar-refractivity contribution in [3.63, 3.8) is 0 Å². The summed E-state index contributed by atoms with van der Waals surface area (Å²) in [6, 6.07) is 11.3. The van der Waals surface area contributed by atoms with E-state index in [0.29, 0.717) is 24.4 Å². The number of anilines is 2. The summed E-state index contributed by atoms with van der Waals surface area (Å²) in [5.41, 5.74) is 2.83. The normalized spacial score (nSPS) is 21.2. The lowest BCUT2D eigenvalue weighted by Gasteiger charge is -2.30. The molecule has 6 heteroatoms. The molecule has 1 aromatic carbocycles. The molecule has 0 spiro atoms. The maximum Gasteiger partial charge on any atom is 0.220 e. The minimum absolute atomic E-state index is 0.214. The molecular formula is C24H33N5O. The van der Waals surface area contributed by atoms with Crippen LogP contribution >= 0.6 is 0 Å². The molecule has 2 aromatic rings. The van der Waals surface area contributed by atoms with Crippen LogP contribution < -0.4 is 15.5 Å². The Bertz CT molecular complexity index is 864. The number of aromatic nitrogens is 2. The zero-order chi connectivity index (χ0) is 21.1. The van der Waals surface area contributed by atoms with Crippen LogP contribution in [0, 0.1) is 12.8 Å². The fraction of sp³-hybridized carbons (Fsp3) is 0.542. The molecule has 0 bridgehead atoms. The van der Waals surface area contributed by atoms with Gasteiger partial charge < -0.3 is 15.5 Å². The van der Waals surface area contributed by atoms with E-state index in [0.717, 1.165) is 56.0 Å². The quantitative estimate of drug-likeness (QED) is 0.767. The fourth-order valence-electron chi connectivity index (χ4n) is 4.79. The molecule has 2 N–H and O–H groups in total. The maximum absolute atomic E-state index is 12.6. The van der Waals surface area contributed by atoms with Gasteiger partial charge in [0.25, 0.3) is 0 Å². The number of hydrogen-bond acceptors (Lipinski definition) is 5. The number of carbonyl (C=O) groups excluding carboxylic acids is 1.